The minimum Gasteiger partial charge on any atom is -0.393 e. The molecular formula is C24H38N2O2S. The fraction of sp³-hybridized carbons (Fsp3) is 0.875. The number of rotatable bonds is 3. The van der Waals surface area contributed by atoms with Gasteiger partial charge in [-0.2, -0.15) is 0 Å². The van der Waals surface area contributed by atoms with E-state index in [1.807, 2.05) is 19.4 Å². The van der Waals surface area contributed by atoms with Crippen molar-refractivity contribution in [2.24, 2.45) is 41.5 Å². The SMILES string of the molecule is Cn1ccnc1SC[C@]1(O)CC[C@H]2[C@@H]3CC[C@@H]4C[C@H](O)CC[C@]4(C)[C@H]3CC[C@@]21C. The first-order valence-electron chi connectivity index (χ1n) is 11.8. The standard InChI is InChI=1S/C24H38N2O2S/c1-22-9-6-17(27)14-16(22)4-5-18-19(22)7-10-23(2)20(18)8-11-24(23,28)15-29-21-25-12-13-26(21)3/h12-13,16-20,27-28H,4-11,14-15H2,1-3H3/t16-,17-,18-,19+,20+,22+,23+,24-/m1/s1. The molecule has 1 aromatic heterocycles. The van der Waals surface area contributed by atoms with E-state index >= 15 is 0 Å². The van der Waals surface area contributed by atoms with E-state index in [-0.39, 0.29) is 11.5 Å². The summed E-state index contributed by atoms with van der Waals surface area (Å²) >= 11 is 1.73. The highest BCUT2D eigenvalue weighted by molar-refractivity contribution is 7.99. The molecule has 0 spiro atoms. The fourth-order valence-corrected chi connectivity index (χ4v) is 9.50. The average Bonchev–Trinajstić information content (AvgIpc) is 3.22. The first-order chi connectivity index (χ1) is 13.8. The normalized spacial score (nSPS) is 49.3. The molecule has 8 atom stereocenters. The molecule has 1 heterocycles. The van der Waals surface area contributed by atoms with Crippen molar-refractivity contribution in [2.75, 3.05) is 5.75 Å². The topological polar surface area (TPSA) is 58.3 Å². The van der Waals surface area contributed by atoms with Crippen LogP contribution in [0, 0.1) is 34.5 Å². The van der Waals surface area contributed by atoms with Crippen LogP contribution in [0.5, 0.6) is 0 Å². The predicted molar refractivity (Wildman–Crippen MR) is 117 cm³/mol. The summed E-state index contributed by atoms with van der Waals surface area (Å²) in [5.41, 5.74) is -0.143. The number of thioether (sulfide) groups is 1. The molecule has 4 fully saturated rings. The number of aliphatic hydroxyl groups is 2. The summed E-state index contributed by atoms with van der Waals surface area (Å²) in [6, 6.07) is 0. The molecular weight excluding hydrogens is 380 g/mol. The third-order valence-corrected chi connectivity index (χ3v) is 11.5. The van der Waals surface area contributed by atoms with Gasteiger partial charge in [0, 0.05) is 30.6 Å². The predicted octanol–water partition coefficient (Wildman–Crippen LogP) is 4.65. The van der Waals surface area contributed by atoms with E-state index in [0.717, 1.165) is 48.4 Å². The summed E-state index contributed by atoms with van der Waals surface area (Å²) in [4.78, 5) is 4.45. The Morgan fingerprint density at radius 2 is 1.90 bits per heavy atom. The maximum Gasteiger partial charge on any atom is 0.167 e. The van der Waals surface area contributed by atoms with E-state index in [1.165, 1.54) is 32.1 Å². The summed E-state index contributed by atoms with van der Waals surface area (Å²) in [6.07, 6.45) is 14.1. The van der Waals surface area contributed by atoms with Crippen LogP contribution >= 0.6 is 11.8 Å². The Hall–Kier alpha value is -0.520. The zero-order chi connectivity index (χ0) is 20.4. The molecule has 0 aliphatic heterocycles. The highest BCUT2D eigenvalue weighted by Gasteiger charge is 2.64. The summed E-state index contributed by atoms with van der Waals surface area (Å²) in [5, 5.41) is 23.1. The lowest BCUT2D eigenvalue weighted by molar-refractivity contribution is -0.152. The summed E-state index contributed by atoms with van der Waals surface area (Å²) < 4.78 is 2.05. The molecule has 4 aliphatic carbocycles. The molecule has 0 unspecified atom stereocenters. The second-order valence-corrected chi connectivity index (χ2v) is 12.2. The van der Waals surface area contributed by atoms with Gasteiger partial charge in [0.25, 0.3) is 0 Å². The summed E-state index contributed by atoms with van der Waals surface area (Å²) in [5.74, 6) is 3.66. The molecule has 1 aromatic rings. The molecule has 5 heteroatoms. The van der Waals surface area contributed by atoms with Crippen molar-refractivity contribution >= 4 is 11.8 Å². The fourth-order valence-electron chi connectivity index (χ4n) is 8.26. The first-order valence-corrected chi connectivity index (χ1v) is 12.8. The number of aliphatic hydroxyl groups excluding tert-OH is 1. The number of hydrogen-bond acceptors (Lipinski definition) is 4. The molecule has 0 amide bonds. The highest BCUT2D eigenvalue weighted by Crippen LogP contribution is 2.68. The van der Waals surface area contributed by atoms with Gasteiger partial charge in [-0.05, 0) is 86.9 Å². The van der Waals surface area contributed by atoms with Gasteiger partial charge in [-0.25, -0.2) is 4.98 Å². The molecule has 5 rings (SSSR count). The van der Waals surface area contributed by atoms with Crippen molar-refractivity contribution in [1.82, 2.24) is 9.55 Å². The second-order valence-electron chi connectivity index (χ2n) is 11.2. The summed E-state index contributed by atoms with van der Waals surface area (Å²) in [7, 11) is 2.03. The molecule has 2 N–H and O–H groups in total. The van der Waals surface area contributed by atoms with Crippen LogP contribution in [0.25, 0.3) is 0 Å². The van der Waals surface area contributed by atoms with Crippen LogP contribution in [-0.4, -0.2) is 37.2 Å². The van der Waals surface area contributed by atoms with Crippen molar-refractivity contribution in [3.05, 3.63) is 12.4 Å². The molecule has 4 saturated carbocycles. The smallest absolute Gasteiger partial charge is 0.167 e. The van der Waals surface area contributed by atoms with Crippen LogP contribution in [-0.2, 0) is 7.05 Å². The van der Waals surface area contributed by atoms with Gasteiger partial charge in [0.1, 0.15) is 0 Å². The van der Waals surface area contributed by atoms with Crippen LogP contribution in [0.2, 0.25) is 0 Å². The van der Waals surface area contributed by atoms with E-state index in [1.54, 1.807) is 11.8 Å². The minimum atomic E-state index is -0.584. The Morgan fingerprint density at radius 3 is 2.66 bits per heavy atom. The second kappa shape index (κ2) is 7.00. The Labute approximate surface area is 179 Å². The minimum absolute atomic E-state index is 0.0315. The van der Waals surface area contributed by atoms with E-state index < -0.39 is 5.60 Å². The van der Waals surface area contributed by atoms with Crippen LogP contribution in [0.3, 0.4) is 0 Å². The third-order valence-electron chi connectivity index (χ3n) is 10.2. The van der Waals surface area contributed by atoms with Gasteiger partial charge in [0.05, 0.1) is 11.7 Å². The maximum absolute atomic E-state index is 11.9. The number of hydrogen-bond donors (Lipinski definition) is 2. The van der Waals surface area contributed by atoms with Gasteiger partial charge in [0.15, 0.2) is 5.16 Å². The van der Waals surface area contributed by atoms with Gasteiger partial charge < -0.3 is 14.8 Å². The van der Waals surface area contributed by atoms with Crippen molar-refractivity contribution in [3.63, 3.8) is 0 Å². The summed E-state index contributed by atoms with van der Waals surface area (Å²) in [6.45, 7) is 4.94. The molecule has 0 aromatic carbocycles. The van der Waals surface area contributed by atoms with Crippen LogP contribution in [0.15, 0.2) is 17.6 Å². The largest absolute Gasteiger partial charge is 0.393 e. The number of fused-ring (bicyclic) bond motifs is 5. The molecule has 0 radical (unpaired) electrons. The molecule has 162 valence electrons. The Morgan fingerprint density at radius 1 is 1.10 bits per heavy atom. The molecule has 4 nitrogen and oxygen atoms in total. The Bertz CT molecular complexity index is 768. The van der Waals surface area contributed by atoms with Gasteiger partial charge in [-0.15, -0.1) is 0 Å². The molecule has 0 bridgehead atoms. The number of nitrogens with zero attached hydrogens (tertiary/aromatic N) is 2. The van der Waals surface area contributed by atoms with Crippen LogP contribution in [0.4, 0.5) is 0 Å². The lowest BCUT2D eigenvalue weighted by atomic mass is 9.44. The van der Waals surface area contributed by atoms with Crippen molar-refractivity contribution in [1.29, 1.82) is 0 Å². The van der Waals surface area contributed by atoms with Gasteiger partial charge in [-0.1, -0.05) is 25.6 Å². The maximum atomic E-state index is 11.9. The van der Waals surface area contributed by atoms with Gasteiger partial charge in [-0.3, -0.25) is 0 Å². The molecule has 4 aliphatic rings. The average molecular weight is 419 g/mol. The Kier molecular flexibility index (Phi) is 4.92. The number of aryl methyl sites for hydroxylation is 1. The number of imidazole rings is 1. The zero-order valence-corrected chi connectivity index (χ0v) is 19.1. The highest BCUT2D eigenvalue weighted by atomic mass is 32.2. The first kappa shape index (κ1) is 20.4. The third kappa shape index (κ3) is 2.97. The van der Waals surface area contributed by atoms with Crippen LogP contribution < -0.4 is 0 Å². The van der Waals surface area contributed by atoms with E-state index in [9.17, 15) is 10.2 Å². The monoisotopic (exact) mass is 418 g/mol. The molecule has 0 saturated heterocycles. The van der Waals surface area contributed by atoms with Crippen LogP contribution in [0.1, 0.15) is 71.6 Å². The zero-order valence-electron chi connectivity index (χ0n) is 18.3. The van der Waals surface area contributed by atoms with E-state index in [0.29, 0.717) is 17.3 Å². The van der Waals surface area contributed by atoms with E-state index in [4.69, 9.17) is 0 Å². The quantitative estimate of drug-likeness (QED) is 0.702. The van der Waals surface area contributed by atoms with E-state index in [2.05, 4.69) is 23.4 Å². The molecule has 29 heavy (non-hydrogen) atoms. The lowest BCUT2D eigenvalue weighted by Gasteiger charge is -2.61. The van der Waals surface area contributed by atoms with Crippen molar-refractivity contribution < 1.29 is 10.2 Å². The van der Waals surface area contributed by atoms with Crippen molar-refractivity contribution in [2.45, 2.75) is 88.5 Å². The Balaban J connectivity index is 1.36. The lowest BCUT2D eigenvalue weighted by Crippen LogP contribution is -2.57. The van der Waals surface area contributed by atoms with Crippen molar-refractivity contribution in [3.8, 4) is 0 Å². The van der Waals surface area contributed by atoms with Gasteiger partial charge in [0.2, 0.25) is 0 Å². The van der Waals surface area contributed by atoms with Gasteiger partial charge >= 0.3 is 0 Å². The number of aromatic nitrogens is 2.